The molecule has 0 saturated carbocycles. The number of hydrogen-bond donors (Lipinski definition) is 0. The first kappa shape index (κ1) is 15.4. The molecule has 0 spiro atoms. The van der Waals surface area contributed by atoms with Crippen molar-refractivity contribution in [2.24, 2.45) is 0 Å². The van der Waals surface area contributed by atoms with E-state index in [1.807, 2.05) is 29.1 Å². The number of para-hydroxylation sites is 1. The summed E-state index contributed by atoms with van der Waals surface area (Å²) < 4.78 is 14.2. The minimum Gasteiger partial charge on any atom is -0.399 e. The number of fused-ring (bicyclic) bond motifs is 1. The van der Waals surface area contributed by atoms with Crippen LogP contribution in [0, 0.1) is 0 Å². The number of hydrogen-bond acceptors (Lipinski definition) is 3. The molecule has 0 bridgehead atoms. The van der Waals surface area contributed by atoms with Gasteiger partial charge in [0.2, 0.25) is 0 Å². The molecular weight excluding hydrogens is 299 g/mol. The van der Waals surface area contributed by atoms with E-state index in [4.69, 9.17) is 9.31 Å². The van der Waals surface area contributed by atoms with Gasteiger partial charge in [-0.25, -0.2) is 4.68 Å². The second-order valence-electron chi connectivity index (χ2n) is 7.30. The Bertz CT molecular complexity index is 871. The molecule has 0 amide bonds. The fourth-order valence-corrected chi connectivity index (χ4v) is 2.95. The van der Waals surface area contributed by atoms with Crippen molar-refractivity contribution in [2.45, 2.75) is 38.9 Å². The fourth-order valence-electron chi connectivity index (χ4n) is 2.95. The van der Waals surface area contributed by atoms with E-state index >= 15 is 0 Å². The summed E-state index contributed by atoms with van der Waals surface area (Å²) in [7, 11) is -0.348. The largest absolute Gasteiger partial charge is 0.494 e. The predicted molar refractivity (Wildman–Crippen MR) is 96.8 cm³/mol. The molecule has 4 rings (SSSR count). The van der Waals surface area contributed by atoms with Crippen LogP contribution in [0.3, 0.4) is 0 Å². The molecule has 2 aromatic carbocycles. The van der Waals surface area contributed by atoms with Crippen LogP contribution in [-0.2, 0) is 9.31 Å². The van der Waals surface area contributed by atoms with Crippen molar-refractivity contribution in [1.29, 1.82) is 0 Å². The van der Waals surface area contributed by atoms with Crippen LogP contribution in [-0.4, -0.2) is 28.1 Å². The van der Waals surface area contributed by atoms with E-state index in [2.05, 4.69) is 63.1 Å². The van der Waals surface area contributed by atoms with Crippen LogP contribution in [0.25, 0.3) is 16.6 Å². The van der Waals surface area contributed by atoms with Crippen molar-refractivity contribution in [3.05, 3.63) is 54.7 Å². The third-order valence-electron chi connectivity index (χ3n) is 5.12. The van der Waals surface area contributed by atoms with Crippen molar-refractivity contribution in [3.63, 3.8) is 0 Å². The van der Waals surface area contributed by atoms with Crippen molar-refractivity contribution >= 4 is 23.5 Å². The molecule has 0 aliphatic carbocycles. The van der Waals surface area contributed by atoms with Crippen LogP contribution in [0.2, 0.25) is 0 Å². The summed E-state index contributed by atoms with van der Waals surface area (Å²) in [4.78, 5) is 0. The highest BCUT2D eigenvalue weighted by atomic mass is 16.7. The van der Waals surface area contributed by atoms with Gasteiger partial charge in [0.1, 0.15) is 0 Å². The molecule has 3 aromatic rings. The average molecular weight is 320 g/mol. The Kier molecular flexibility index (Phi) is 3.34. The Morgan fingerprint density at radius 2 is 1.58 bits per heavy atom. The topological polar surface area (TPSA) is 36.3 Å². The highest BCUT2D eigenvalue weighted by molar-refractivity contribution is 6.62. The van der Waals surface area contributed by atoms with Crippen molar-refractivity contribution in [2.75, 3.05) is 0 Å². The number of benzene rings is 2. The maximum atomic E-state index is 6.14. The average Bonchev–Trinajstić information content (AvgIpc) is 3.06. The molecule has 1 aromatic heterocycles. The van der Waals surface area contributed by atoms with Gasteiger partial charge in [-0.3, -0.25) is 0 Å². The summed E-state index contributed by atoms with van der Waals surface area (Å²) in [6.07, 6.45) is 1.89. The quantitative estimate of drug-likeness (QED) is 0.680. The molecular formula is C19H21BN2O2. The highest BCUT2D eigenvalue weighted by Crippen LogP contribution is 2.36. The number of aromatic nitrogens is 2. The predicted octanol–water partition coefficient (Wildman–Crippen LogP) is 3.32. The standard InChI is InChI=1S/C19H21BN2O2/c1-18(2)19(3,4)24-20(23-18)15-10-11-17-14(12-15)13-21-22(17)16-8-6-5-7-9-16/h5-13H,1-4H3. The van der Waals surface area contributed by atoms with E-state index in [1.165, 1.54) is 0 Å². The number of rotatable bonds is 2. The van der Waals surface area contributed by atoms with Crippen molar-refractivity contribution in [3.8, 4) is 5.69 Å². The third-order valence-corrected chi connectivity index (χ3v) is 5.12. The van der Waals surface area contributed by atoms with Crippen LogP contribution in [0.15, 0.2) is 54.7 Å². The third kappa shape index (κ3) is 2.36. The number of nitrogens with zero attached hydrogens (tertiary/aromatic N) is 2. The van der Waals surface area contributed by atoms with Gasteiger partial charge in [-0.05, 0) is 51.4 Å². The van der Waals surface area contributed by atoms with Gasteiger partial charge in [-0.15, -0.1) is 0 Å². The van der Waals surface area contributed by atoms with Gasteiger partial charge in [0, 0.05) is 5.39 Å². The minimum absolute atomic E-state index is 0.332. The van der Waals surface area contributed by atoms with E-state index in [0.29, 0.717) is 0 Å². The Labute approximate surface area is 142 Å². The molecule has 5 heteroatoms. The van der Waals surface area contributed by atoms with Crippen LogP contribution in [0.4, 0.5) is 0 Å². The minimum atomic E-state index is -0.348. The van der Waals surface area contributed by atoms with Gasteiger partial charge in [0.25, 0.3) is 0 Å². The zero-order chi connectivity index (χ0) is 16.9. The first-order chi connectivity index (χ1) is 11.4. The maximum absolute atomic E-state index is 6.14. The molecule has 0 radical (unpaired) electrons. The lowest BCUT2D eigenvalue weighted by molar-refractivity contribution is 0.00578. The van der Waals surface area contributed by atoms with E-state index in [1.54, 1.807) is 0 Å². The second kappa shape index (κ2) is 5.20. The van der Waals surface area contributed by atoms with Gasteiger partial charge >= 0.3 is 7.12 Å². The zero-order valence-corrected chi connectivity index (χ0v) is 14.5. The molecule has 1 aliphatic rings. The monoisotopic (exact) mass is 320 g/mol. The van der Waals surface area contributed by atoms with Gasteiger partial charge in [-0.2, -0.15) is 5.10 Å². The van der Waals surface area contributed by atoms with E-state index < -0.39 is 0 Å². The Hall–Kier alpha value is -2.11. The SMILES string of the molecule is CC1(C)OB(c2ccc3c(cnn3-c3ccccc3)c2)OC1(C)C. The van der Waals surface area contributed by atoms with Gasteiger partial charge < -0.3 is 9.31 Å². The lowest BCUT2D eigenvalue weighted by Gasteiger charge is -2.32. The lowest BCUT2D eigenvalue weighted by atomic mass is 9.79. The summed E-state index contributed by atoms with van der Waals surface area (Å²) in [5.41, 5.74) is 2.48. The summed E-state index contributed by atoms with van der Waals surface area (Å²) in [5.74, 6) is 0. The van der Waals surface area contributed by atoms with Gasteiger partial charge in [0.05, 0.1) is 28.6 Å². The second-order valence-corrected chi connectivity index (χ2v) is 7.30. The highest BCUT2D eigenvalue weighted by Gasteiger charge is 2.51. The van der Waals surface area contributed by atoms with Gasteiger partial charge in [-0.1, -0.05) is 30.3 Å². The molecule has 0 atom stereocenters. The summed E-state index contributed by atoms with van der Waals surface area (Å²) >= 11 is 0. The zero-order valence-electron chi connectivity index (χ0n) is 14.5. The maximum Gasteiger partial charge on any atom is 0.494 e. The molecule has 1 saturated heterocycles. The van der Waals surface area contributed by atoms with Crippen molar-refractivity contribution < 1.29 is 9.31 Å². The normalized spacial score (nSPS) is 19.1. The molecule has 1 fully saturated rings. The van der Waals surface area contributed by atoms with Crippen LogP contribution in [0.1, 0.15) is 27.7 Å². The fraction of sp³-hybridized carbons (Fsp3) is 0.316. The summed E-state index contributed by atoms with van der Waals surface area (Å²) in [5, 5.41) is 5.60. The summed E-state index contributed by atoms with van der Waals surface area (Å²) in [6, 6.07) is 16.4. The molecule has 1 aliphatic heterocycles. The molecule has 4 nitrogen and oxygen atoms in total. The van der Waals surface area contributed by atoms with E-state index in [0.717, 1.165) is 22.1 Å². The molecule has 24 heavy (non-hydrogen) atoms. The molecule has 0 N–H and O–H groups in total. The Morgan fingerprint density at radius 1 is 0.917 bits per heavy atom. The van der Waals surface area contributed by atoms with E-state index in [9.17, 15) is 0 Å². The molecule has 0 unspecified atom stereocenters. The van der Waals surface area contributed by atoms with Crippen LogP contribution < -0.4 is 5.46 Å². The molecule has 2 heterocycles. The first-order valence-corrected chi connectivity index (χ1v) is 8.26. The Morgan fingerprint density at radius 3 is 2.25 bits per heavy atom. The van der Waals surface area contributed by atoms with Crippen molar-refractivity contribution in [1.82, 2.24) is 9.78 Å². The lowest BCUT2D eigenvalue weighted by Crippen LogP contribution is -2.41. The van der Waals surface area contributed by atoms with Gasteiger partial charge in [0.15, 0.2) is 0 Å². The smallest absolute Gasteiger partial charge is 0.399 e. The van der Waals surface area contributed by atoms with Crippen LogP contribution in [0.5, 0.6) is 0 Å². The van der Waals surface area contributed by atoms with Crippen LogP contribution >= 0.6 is 0 Å². The van der Waals surface area contributed by atoms with E-state index in [-0.39, 0.29) is 18.3 Å². The molecule has 122 valence electrons. The Balaban J connectivity index is 1.71. The first-order valence-electron chi connectivity index (χ1n) is 8.26. The summed E-state index contributed by atoms with van der Waals surface area (Å²) in [6.45, 7) is 8.27.